The Morgan fingerprint density at radius 2 is 1.97 bits per heavy atom. The molecule has 0 radical (unpaired) electrons. The standard InChI is InChI=1S/C21H24FN3O5/c1-30-15-6-7-16(17(22)10-15)18-8-9-20(27)25(24-18)12-19(26)23-11-13-2-4-14(5-3-13)21(28)29/h6-10,13-14H,2-5,11-12H2,1H3,(H,23,26)(H,28,29). The van der Waals surface area contributed by atoms with Crippen molar-refractivity contribution < 1.29 is 23.8 Å². The third-order valence-corrected chi connectivity index (χ3v) is 5.40. The van der Waals surface area contributed by atoms with Gasteiger partial charge in [-0.1, -0.05) is 0 Å². The van der Waals surface area contributed by atoms with E-state index >= 15 is 0 Å². The molecule has 1 aliphatic carbocycles. The number of methoxy groups -OCH3 is 1. The van der Waals surface area contributed by atoms with Crippen LogP contribution < -0.4 is 15.6 Å². The lowest BCUT2D eigenvalue weighted by atomic mass is 9.82. The first-order chi connectivity index (χ1) is 14.4. The number of ether oxygens (including phenoxy) is 1. The van der Waals surface area contributed by atoms with Gasteiger partial charge < -0.3 is 15.2 Å². The summed E-state index contributed by atoms with van der Waals surface area (Å²) >= 11 is 0. The molecule has 1 heterocycles. The van der Waals surface area contributed by atoms with Gasteiger partial charge in [-0.2, -0.15) is 5.10 Å². The molecular formula is C21H24FN3O5. The maximum Gasteiger partial charge on any atom is 0.306 e. The Labute approximate surface area is 172 Å². The molecule has 0 spiro atoms. The van der Waals surface area contributed by atoms with Crippen molar-refractivity contribution in [3.05, 3.63) is 46.5 Å². The molecule has 9 heteroatoms. The second-order valence-corrected chi connectivity index (χ2v) is 7.42. The van der Waals surface area contributed by atoms with Gasteiger partial charge in [0.15, 0.2) is 0 Å². The van der Waals surface area contributed by atoms with Gasteiger partial charge in [-0.3, -0.25) is 14.4 Å². The summed E-state index contributed by atoms with van der Waals surface area (Å²) in [5, 5.41) is 15.9. The molecule has 1 amide bonds. The molecular weight excluding hydrogens is 393 g/mol. The van der Waals surface area contributed by atoms with Crippen LogP contribution in [0.4, 0.5) is 4.39 Å². The Balaban J connectivity index is 1.61. The number of amides is 1. The van der Waals surface area contributed by atoms with Gasteiger partial charge in [-0.05, 0) is 49.8 Å². The number of hydrogen-bond acceptors (Lipinski definition) is 5. The minimum atomic E-state index is -0.767. The van der Waals surface area contributed by atoms with Crippen molar-refractivity contribution in [1.82, 2.24) is 15.1 Å². The van der Waals surface area contributed by atoms with Gasteiger partial charge in [-0.15, -0.1) is 0 Å². The van der Waals surface area contributed by atoms with Crippen molar-refractivity contribution in [3.63, 3.8) is 0 Å². The first kappa shape index (κ1) is 21.5. The van der Waals surface area contributed by atoms with Gasteiger partial charge in [0.1, 0.15) is 18.1 Å². The summed E-state index contributed by atoms with van der Waals surface area (Å²) in [5.74, 6) is -1.42. The highest BCUT2D eigenvalue weighted by Gasteiger charge is 2.26. The van der Waals surface area contributed by atoms with E-state index in [1.54, 1.807) is 6.07 Å². The minimum absolute atomic E-state index is 0.195. The van der Waals surface area contributed by atoms with Crippen LogP contribution in [0.2, 0.25) is 0 Å². The summed E-state index contributed by atoms with van der Waals surface area (Å²) in [5.41, 5.74) is -0.0421. The van der Waals surface area contributed by atoms with Crippen molar-refractivity contribution >= 4 is 11.9 Å². The van der Waals surface area contributed by atoms with E-state index in [-0.39, 0.29) is 35.5 Å². The average molecular weight is 417 g/mol. The Morgan fingerprint density at radius 1 is 1.23 bits per heavy atom. The zero-order valence-corrected chi connectivity index (χ0v) is 16.6. The molecule has 30 heavy (non-hydrogen) atoms. The van der Waals surface area contributed by atoms with Crippen molar-refractivity contribution in [2.24, 2.45) is 11.8 Å². The first-order valence-corrected chi connectivity index (χ1v) is 9.79. The lowest BCUT2D eigenvalue weighted by Crippen LogP contribution is -2.37. The fraction of sp³-hybridized carbons (Fsp3) is 0.429. The maximum absolute atomic E-state index is 14.3. The van der Waals surface area contributed by atoms with Crippen LogP contribution in [0, 0.1) is 17.7 Å². The van der Waals surface area contributed by atoms with Crippen LogP contribution in [-0.4, -0.2) is 40.4 Å². The maximum atomic E-state index is 14.3. The highest BCUT2D eigenvalue weighted by Crippen LogP contribution is 2.28. The molecule has 0 unspecified atom stereocenters. The molecule has 160 valence electrons. The number of nitrogens with zero attached hydrogens (tertiary/aromatic N) is 2. The monoisotopic (exact) mass is 417 g/mol. The molecule has 1 aromatic heterocycles. The van der Waals surface area contributed by atoms with E-state index in [4.69, 9.17) is 9.84 Å². The number of carbonyl (C=O) groups excluding carboxylic acids is 1. The Kier molecular flexibility index (Phi) is 6.81. The van der Waals surface area contributed by atoms with Crippen LogP contribution in [-0.2, 0) is 16.1 Å². The van der Waals surface area contributed by atoms with Crippen LogP contribution in [0.1, 0.15) is 25.7 Å². The highest BCUT2D eigenvalue weighted by molar-refractivity contribution is 5.75. The number of carboxylic acid groups (broad SMARTS) is 1. The highest BCUT2D eigenvalue weighted by atomic mass is 19.1. The summed E-state index contributed by atoms with van der Waals surface area (Å²) in [4.78, 5) is 35.4. The molecule has 0 bridgehead atoms. The lowest BCUT2D eigenvalue weighted by molar-refractivity contribution is -0.143. The van der Waals surface area contributed by atoms with Gasteiger partial charge in [0, 0.05) is 24.2 Å². The summed E-state index contributed by atoms with van der Waals surface area (Å²) in [6, 6.07) is 6.95. The van der Waals surface area contributed by atoms with Crippen LogP contribution in [0.3, 0.4) is 0 Å². The van der Waals surface area contributed by atoms with Crippen molar-refractivity contribution in [1.29, 1.82) is 0 Å². The summed E-state index contributed by atoms with van der Waals surface area (Å²) < 4.78 is 20.3. The van der Waals surface area contributed by atoms with E-state index < -0.39 is 17.3 Å². The van der Waals surface area contributed by atoms with Crippen LogP contribution in [0.25, 0.3) is 11.3 Å². The predicted octanol–water partition coefficient (Wildman–Crippen LogP) is 2.07. The first-order valence-electron chi connectivity index (χ1n) is 9.79. The van der Waals surface area contributed by atoms with Crippen LogP contribution >= 0.6 is 0 Å². The topological polar surface area (TPSA) is 111 Å². The van der Waals surface area contributed by atoms with Crippen LogP contribution in [0.15, 0.2) is 35.1 Å². The third kappa shape index (κ3) is 5.22. The molecule has 0 atom stereocenters. The normalized spacial score (nSPS) is 18.6. The molecule has 0 saturated heterocycles. The van der Waals surface area contributed by atoms with Gasteiger partial charge in [0.05, 0.1) is 18.7 Å². The zero-order valence-electron chi connectivity index (χ0n) is 16.6. The molecule has 3 rings (SSSR count). The smallest absolute Gasteiger partial charge is 0.306 e. The lowest BCUT2D eigenvalue weighted by Gasteiger charge is -2.26. The number of nitrogens with one attached hydrogen (secondary N) is 1. The molecule has 1 aromatic carbocycles. The largest absolute Gasteiger partial charge is 0.497 e. The second kappa shape index (κ2) is 9.51. The number of hydrogen-bond donors (Lipinski definition) is 2. The number of aliphatic carboxylic acids is 1. The number of benzene rings is 1. The molecule has 1 fully saturated rings. The van der Waals surface area contributed by atoms with E-state index in [0.29, 0.717) is 25.1 Å². The summed E-state index contributed by atoms with van der Waals surface area (Å²) in [6.45, 7) is 0.141. The number of halogens is 1. The van der Waals surface area contributed by atoms with E-state index in [9.17, 15) is 18.8 Å². The van der Waals surface area contributed by atoms with E-state index in [0.717, 1.165) is 17.5 Å². The minimum Gasteiger partial charge on any atom is -0.497 e. The molecule has 2 aromatic rings. The SMILES string of the molecule is COc1ccc(-c2ccc(=O)n(CC(=O)NCC3CCC(C(=O)O)CC3)n2)c(F)c1. The predicted molar refractivity (Wildman–Crippen MR) is 107 cm³/mol. The Morgan fingerprint density at radius 3 is 2.60 bits per heavy atom. The van der Waals surface area contributed by atoms with Crippen molar-refractivity contribution in [3.8, 4) is 17.0 Å². The average Bonchev–Trinajstić information content (AvgIpc) is 2.74. The summed E-state index contributed by atoms with van der Waals surface area (Å²) in [6.07, 6.45) is 2.68. The number of rotatable bonds is 7. The molecule has 2 N–H and O–H groups in total. The molecule has 1 aliphatic rings. The number of carbonyl (C=O) groups is 2. The Bertz CT molecular complexity index is 983. The quantitative estimate of drug-likeness (QED) is 0.714. The fourth-order valence-electron chi connectivity index (χ4n) is 3.60. The Hall–Kier alpha value is -3.23. The molecule has 0 aliphatic heterocycles. The van der Waals surface area contributed by atoms with Crippen molar-refractivity contribution in [2.75, 3.05) is 13.7 Å². The van der Waals surface area contributed by atoms with Gasteiger partial charge in [-0.25, -0.2) is 9.07 Å². The zero-order chi connectivity index (χ0) is 21.7. The van der Waals surface area contributed by atoms with E-state index in [2.05, 4.69) is 10.4 Å². The van der Waals surface area contributed by atoms with E-state index in [1.807, 2.05) is 0 Å². The van der Waals surface area contributed by atoms with Gasteiger partial charge in [0.25, 0.3) is 5.56 Å². The van der Waals surface area contributed by atoms with Crippen LogP contribution in [0.5, 0.6) is 5.75 Å². The third-order valence-electron chi connectivity index (χ3n) is 5.40. The molecule has 8 nitrogen and oxygen atoms in total. The van der Waals surface area contributed by atoms with Gasteiger partial charge in [0.2, 0.25) is 5.91 Å². The van der Waals surface area contributed by atoms with E-state index in [1.165, 1.54) is 31.4 Å². The van der Waals surface area contributed by atoms with Gasteiger partial charge >= 0.3 is 5.97 Å². The molecule has 1 saturated carbocycles. The fourth-order valence-corrected chi connectivity index (χ4v) is 3.60. The number of carboxylic acids is 1. The number of aromatic nitrogens is 2. The van der Waals surface area contributed by atoms with Crippen molar-refractivity contribution in [2.45, 2.75) is 32.2 Å². The summed E-state index contributed by atoms with van der Waals surface area (Å²) in [7, 11) is 1.43. The second-order valence-electron chi connectivity index (χ2n) is 7.42.